The number of halogens is 3. The molecule has 3 aromatic rings. The molecule has 0 spiro atoms. The molecule has 0 bridgehead atoms. The van der Waals surface area contributed by atoms with Gasteiger partial charge in [0.15, 0.2) is 11.6 Å². The first-order valence-electron chi connectivity index (χ1n) is 14.5. The zero-order valence-electron chi connectivity index (χ0n) is 22.7. The van der Waals surface area contributed by atoms with Crippen LogP contribution in [0.4, 0.5) is 13.2 Å². The third-order valence-electron chi connectivity index (χ3n) is 9.23. The van der Waals surface area contributed by atoms with Crippen molar-refractivity contribution in [3.05, 3.63) is 95.3 Å². The van der Waals surface area contributed by atoms with Gasteiger partial charge in [-0.25, -0.2) is 13.2 Å². The summed E-state index contributed by atoms with van der Waals surface area (Å²) in [6.07, 6.45) is 15.2. The van der Waals surface area contributed by atoms with Crippen molar-refractivity contribution in [3.63, 3.8) is 0 Å². The molecule has 2 aliphatic carbocycles. The molecule has 3 aromatic carbocycles. The third-order valence-corrected chi connectivity index (χ3v) is 9.23. The van der Waals surface area contributed by atoms with Gasteiger partial charge in [-0.05, 0) is 117 Å². The fourth-order valence-corrected chi connectivity index (χ4v) is 6.94. The highest BCUT2D eigenvalue weighted by molar-refractivity contribution is 5.71. The average molecular weight is 517 g/mol. The second-order valence-corrected chi connectivity index (χ2v) is 11.4. The Morgan fingerprint density at radius 3 is 1.84 bits per heavy atom. The Kier molecular flexibility index (Phi) is 8.41. The summed E-state index contributed by atoms with van der Waals surface area (Å²) in [6, 6.07) is 16.0. The molecule has 0 N–H and O–H groups in total. The van der Waals surface area contributed by atoms with E-state index in [1.54, 1.807) is 49.4 Å². The Morgan fingerprint density at radius 2 is 1.26 bits per heavy atom. The Balaban J connectivity index is 1.23. The van der Waals surface area contributed by atoms with Crippen molar-refractivity contribution in [1.29, 1.82) is 0 Å². The quantitative estimate of drug-likeness (QED) is 0.286. The van der Waals surface area contributed by atoms with Crippen LogP contribution in [0, 0.1) is 35.2 Å². The highest BCUT2D eigenvalue weighted by Gasteiger charge is 2.31. The molecule has 2 saturated carbocycles. The molecule has 0 aliphatic heterocycles. The molecule has 2 fully saturated rings. The summed E-state index contributed by atoms with van der Waals surface area (Å²) in [4.78, 5) is 0. The van der Waals surface area contributed by atoms with Crippen molar-refractivity contribution in [1.82, 2.24) is 0 Å². The first-order valence-corrected chi connectivity index (χ1v) is 14.5. The molecule has 0 atom stereocenters. The van der Waals surface area contributed by atoms with Gasteiger partial charge in [0, 0.05) is 11.1 Å². The van der Waals surface area contributed by atoms with Crippen molar-refractivity contribution >= 4 is 0 Å². The van der Waals surface area contributed by atoms with Gasteiger partial charge in [-0.3, -0.25) is 0 Å². The average Bonchev–Trinajstić information content (AvgIpc) is 2.95. The second-order valence-electron chi connectivity index (χ2n) is 11.4. The van der Waals surface area contributed by atoms with E-state index in [0.29, 0.717) is 29.0 Å². The number of hydrogen-bond acceptors (Lipinski definition) is 0. The zero-order valence-corrected chi connectivity index (χ0v) is 22.7. The molecule has 0 nitrogen and oxygen atoms in total. The zero-order chi connectivity index (χ0) is 26.6. The van der Waals surface area contributed by atoms with Crippen LogP contribution in [-0.2, 0) is 6.42 Å². The first-order chi connectivity index (χ1) is 18.5. The van der Waals surface area contributed by atoms with E-state index in [1.807, 2.05) is 6.07 Å². The maximum atomic E-state index is 15.3. The van der Waals surface area contributed by atoms with Crippen LogP contribution >= 0.6 is 0 Å². The molecule has 5 rings (SSSR count). The van der Waals surface area contributed by atoms with Crippen molar-refractivity contribution in [2.24, 2.45) is 17.8 Å². The summed E-state index contributed by atoms with van der Waals surface area (Å²) in [6.45, 7) is 3.92. The fourth-order valence-electron chi connectivity index (χ4n) is 6.94. The second kappa shape index (κ2) is 11.9. The summed E-state index contributed by atoms with van der Waals surface area (Å²) in [5, 5.41) is 0. The fraction of sp³-hybridized carbons (Fsp3) is 0.429. The predicted molar refractivity (Wildman–Crippen MR) is 152 cm³/mol. The lowest BCUT2D eigenvalue weighted by atomic mass is 9.68. The SMILES string of the molecule is C/C=C/C1CCC(C2CCC(c3ccc(-c4ccc(-c5ccc(CC)c(F)c5F)cc4)c(F)c3)CC2)CC1. The smallest absolute Gasteiger partial charge is 0.166 e. The molecular weight excluding hydrogens is 477 g/mol. The number of allylic oxidation sites excluding steroid dienone is 2. The van der Waals surface area contributed by atoms with Crippen LogP contribution in [0.15, 0.2) is 66.7 Å². The van der Waals surface area contributed by atoms with E-state index in [1.165, 1.54) is 38.5 Å². The van der Waals surface area contributed by atoms with Gasteiger partial charge in [-0.15, -0.1) is 0 Å². The molecule has 0 radical (unpaired) electrons. The largest absolute Gasteiger partial charge is 0.206 e. The molecule has 0 aromatic heterocycles. The maximum Gasteiger partial charge on any atom is 0.166 e. The van der Waals surface area contributed by atoms with E-state index in [0.717, 1.165) is 41.7 Å². The summed E-state index contributed by atoms with van der Waals surface area (Å²) in [5.74, 6) is 1.07. The van der Waals surface area contributed by atoms with Crippen molar-refractivity contribution in [2.75, 3.05) is 0 Å². The topological polar surface area (TPSA) is 0 Å². The minimum Gasteiger partial charge on any atom is -0.206 e. The van der Waals surface area contributed by atoms with Crippen LogP contribution in [-0.4, -0.2) is 0 Å². The van der Waals surface area contributed by atoms with Gasteiger partial charge in [-0.1, -0.05) is 67.6 Å². The molecule has 0 amide bonds. The van der Waals surface area contributed by atoms with Gasteiger partial charge in [0.25, 0.3) is 0 Å². The van der Waals surface area contributed by atoms with E-state index in [-0.39, 0.29) is 11.4 Å². The van der Waals surface area contributed by atoms with Crippen LogP contribution in [0.2, 0.25) is 0 Å². The lowest BCUT2D eigenvalue weighted by Crippen LogP contribution is -2.25. The van der Waals surface area contributed by atoms with Gasteiger partial charge < -0.3 is 0 Å². The van der Waals surface area contributed by atoms with Crippen molar-refractivity contribution in [3.8, 4) is 22.3 Å². The summed E-state index contributed by atoms with van der Waals surface area (Å²) >= 11 is 0. The normalized spacial score (nSPS) is 24.1. The predicted octanol–water partition coefficient (Wildman–Crippen LogP) is 10.7. The molecule has 0 saturated heterocycles. The van der Waals surface area contributed by atoms with E-state index in [2.05, 4.69) is 25.1 Å². The standard InChI is InChI=1S/C35H39F3/c1-3-5-23-6-8-25(9-7-23)26-10-12-27(13-11-26)30-19-20-31(33(36)22-30)28-14-16-29(17-15-28)32-21-18-24(4-2)34(37)35(32)38/h3,5,14-23,25-27H,4,6-13H2,1-2H3/b5-3+. The minimum atomic E-state index is -0.830. The Hall–Kier alpha value is -2.81. The van der Waals surface area contributed by atoms with Crippen LogP contribution < -0.4 is 0 Å². The molecule has 3 heteroatoms. The number of aryl methyl sites for hydroxylation is 1. The minimum absolute atomic E-state index is 0.218. The van der Waals surface area contributed by atoms with Crippen molar-refractivity contribution < 1.29 is 13.2 Å². The van der Waals surface area contributed by atoms with Gasteiger partial charge in [-0.2, -0.15) is 0 Å². The third kappa shape index (κ3) is 5.63. The highest BCUT2D eigenvalue weighted by atomic mass is 19.2. The Morgan fingerprint density at radius 1 is 0.684 bits per heavy atom. The summed E-state index contributed by atoms with van der Waals surface area (Å²) < 4.78 is 44.1. The van der Waals surface area contributed by atoms with Crippen LogP contribution in [0.1, 0.15) is 82.3 Å². The Labute approximate surface area is 226 Å². The summed E-state index contributed by atoms with van der Waals surface area (Å²) in [7, 11) is 0. The molecule has 2 aliphatic rings. The molecule has 38 heavy (non-hydrogen) atoms. The number of benzene rings is 3. The van der Waals surface area contributed by atoms with Crippen LogP contribution in [0.25, 0.3) is 22.3 Å². The van der Waals surface area contributed by atoms with Gasteiger partial charge in [0.2, 0.25) is 0 Å². The number of hydrogen-bond donors (Lipinski definition) is 0. The van der Waals surface area contributed by atoms with Gasteiger partial charge in [0.05, 0.1) is 0 Å². The molecule has 200 valence electrons. The van der Waals surface area contributed by atoms with Crippen molar-refractivity contribution in [2.45, 2.75) is 77.6 Å². The molecule has 0 unspecified atom stereocenters. The van der Waals surface area contributed by atoms with E-state index < -0.39 is 11.6 Å². The highest BCUT2D eigenvalue weighted by Crippen LogP contribution is 2.44. The number of rotatable bonds is 6. The molecular formula is C35H39F3. The van der Waals surface area contributed by atoms with E-state index in [4.69, 9.17) is 0 Å². The Bertz CT molecular complexity index is 1260. The molecule has 0 heterocycles. The lowest BCUT2D eigenvalue weighted by molar-refractivity contribution is 0.171. The van der Waals surface area contributed by atoms with Gasteiger partial charge >= 0.3 is 0 Å². The lowest BCUT2D eigenvalue weighted by Gasteiger charge is -2.37. The van der Waals surface area contributed by atoms with Crippen LogP contribution in [0.3, 0.4) is 0 Å². The first kappa shape index (κ1) is 26.8. The monoisotopic (exact) mass is 516 g/mol. The van der Waals surface area contributed by atoms with E-state index >= 15 is 4.39 Å². The van der Waals surface area contributed by atoms with Crippen LogP contribution in [0.5, 0.6) is 0 Å². The summed E-state index contributed by atoms with van der Waals surface area (Å²) in [5.41, 5.74) is 3.55. The van der Waals surface area contributed by atoms with Gasteiger partial charge in [0.1, 0.15) is 5.82 Å². The maximum absolute atomic E-state index is 15.3. The van der Waals surface area contributed by atoms with E-state index in [9.17, 15) is 8.78 Å².